The number of likely N-dealkylation sites (N-methyl/N-ethyl adjacent to an activating group) is 1. The van der Waals surface area contributed by atoms with E-state index in [1.54, 1.807) is 6.92 Å². The number of carbonyl (C=O) groups is 1. The van der Waals surface area contributed by atoms with E-state index in [1.165, 1.54) is 18.3 Å². The Hall–Kier alpha value is -1.66. The number of H-pyrrole nitrogens is 1. The van der Waals surface area contributed by atoms with Gasteiger partial charge in [0.2, 0.25) is 5.56 Å². The minimum atomic E-state index is -0.999. The van der Waals surface area contributed by atoms with Gasteiger partial charge in [0.1, 0.15) is 0 Å². The Kier molecular flexibility index (Phi) is 4.63. The van der Waals surface area contributed by atoms with Crippen molar-refractivity contribution in [2.75, 3.05) is 27.2 Å². The molecule has 0 saturated heterocycles. The molecule has 1 unspecified atom stereocenters. The fourth-order valence-corrected chi connectivity index (χ4v) is 1.66. The van der Waals surface area contributed by atoms with Crippen LogP contribution in [0.1, 0.15) is 17.3 Å². The van der Waals surface area contributed by atoms with E-state index in [-0.39, 0.29) is 18.0 Å². The lowest BCUT2D eigenvalue weighted by Gasteiger charge is -2.27. The molecule has 0 bridgehead atoms. The summed E-state index contributed by atoms with van der Waals surface area (Å²) in [5.41, 5.74) is -0.900. The van der Waals surface area contributed by atoms with Gasteiger partial charge in [0.15, 0.2) is 0 Å². The molecule has 6 nitrogen and oxygen atoms in total. The molecule has 1 rings (SSSR count). The topological polar surface area (TPSA) is 85.4 Å². The van der Waals surface area contributed by atoms with Crippen LogP contribution in [0.25, 0.3) is 0 Å². The molecule has 0 aliphatic rings. The summed E-state index contributed by atoms with van der Waals surface area (Å²) in [5.74, 6) is -0.328. The van der Waals surface area contributed by atoms with Crippen LogP contribution in [-0.4, -0.2) is 53.7 Å². The number of carbonyl (C=O) groups excluding carboxylic acids is 1. The van der Waals surface area contributed by atoms with Gasteiger partial charge in [-0.3, -0.25) is 9.59 Å². The van der Waals surface area contributed by atoms with Gasteiger partial charge in [-0.15, -0.1) is 0 Å². The van der Waals surface area contributed by atoms with Gasteiger partial charge in [0.25, 0.3) is 5.91 Å². The number of rotatable bonds is 5. The van der Waals surface area contributed by atoms with Crippen LogP contribution in [-0.2, 0) is 0 Å². The number of amides is 1. The quantitative estimate of drug-likeness (QED) is 0.655. The molecule has 1 aromatic rings. The summed E-state index contributed by atoms with van der Waals surface area (Å²) in [6.45, 7) is 2.24. The third-order valence-electron chi connectivity index (χ3n) is 2.33. The van der Waals surface area contributed by atoms with Gasteiger partial charge >= 0.3 is 0 Å². The standard InChI is InChI=1S/C12H19N3O3/c1-12(18,8-15(2)3)7-14-11(17)9-4-5-10(16)13-6-9/h4-6,18H,7-8H2,1-3H3,(H,13,16)(H,14,17). The highest BCUT2D eigenvalue weighted by Gasteiger charge is 2.22. The van der Waals surface area contributed by atoms with Crippen molar-refractivity contribution in [3.63, 3.8) is 0 Å². The van der Waals surface area contributed by atoms with Crippen LogP contribution in [0.4, 0.5) is 0 Å². The van der Waals surface area contributed by atoms with Crippen LogP contribution in [0.2, 0.25) is 0 Å². The molecule has 0 saturated carbocycles. The Labute approximate surface area is 106 Å². The van der Waals surface area contributed by atoms with Crippen molar-refractivity contribution in [3.05, 3.63) is 34.2 Å². The van der Waals surface area contributed by atoms with Crippen molar-refractivity contribution in [3.8, 4) is 0 Å². The molecule has 0 aliphatic carbocycles. The summed E-state index contributed by atoms with van der Waals surface area (Å²) in [6.07, 6.45) is 1.35. The smallest absolute Gasteiger partial charge is 0.252 e. The highest BCUT2D eigenvalue weighted by Crippen LogP contribution is 2.03. The van der Waals surface area contributed by atoms with Gasteiger partial charge in [0, 0.05) is 25.4 Å². The van der Waals surface area contributed by atoms with Crippen molar-refractivity contribution in [1.29, 1.82) is 0 Å². The molecule has 0 aromatic carbocycles. The van der Waals surface area contributed by atoms with Crippen LogP contribution < -0.4 is 10.9 Å². The summed E-state index contributed by atoms with van der Waals surface area (Å²) >= 11 is 0. The zero-order chi connectivity index (χ0) is 13.8. The second-order valence-corrected chi connectivity index (χ2v) is 4.86. The first kappa shape index (κ1) is 14.4. The fourth-order valence-electron chi connectivity index (χ4n) is 1.66. The Bertz CT molecular complexity index is 445. The molecule has 0 spiro atoms. The van der Waals surface area contributed by atoms with E-state index in [4.69, 9.17) is 0 Å². The minimum Gasteiger partial charge on any atom is -0.387 e. The number of hydrogen-bond donors (Lipinski definition) is 3. The molecular formula is C12H19N3O3. The maximum atomic E-state index is 11.7. The molecule has 18 heavy (non-hydrogen) atoms. The molecule has 1 heterocycles. The van der Waals surface area contributed by atoms with Crippen molar-refractivity contribution in [2.45, 2.75) is 12.5 Å². The van der Waals surface area contributed by atoms with Gasteiger partial charge in [-0.2, -0.15) is 0 Å². The largest absolute Gasteiger partial charge is 0.387 e. The summed E-state index contributed by atoms with van der Waals surface area (Å²) in [5, 5.41) is 12.6. The fraction of sp³-hybridized carbons (Fsp3) is 0.500. The van der Waals surface area contributed by atoms with Crippen molar-refractivity contribution in [2.24, 2.45) is 0 Å². The number of aromatic nitrogens is 1. The van der Waals surface area contributed by atoms with Crippen molar-refractivity contribution >= 4 is 5.91 Å². The number of nitrogens with one attached hydrogen (secondary N) is 2. The monoisotopic (exact) mass is 253 g/mol. The highest BCUT2D eigenvalue weighted by atomic mass is 16.3. The van der Waals surface area contributed by atoms with Gasteiger partial charge in [-0.25, -0.2) is 0 Å². The molecule has 100 valence electrons. The Morgan fingerprint density at radius 2 is 2.17 bits per heavy atom. The summed E-state index contributed by atoms with van der Waals surface area (Å²) in [4.78, 5) is 26.8. The molecule has 3 N–H and O–H groups in total. The maximum absolute atomic E-state index is 11.7. The summed E-state index contributed by atoms with van der Waals surface area (Å²) < 4.78 is 0. The third-order valence-corrected chi connectivity index (χ3v) is 2.33. The van der Waals surface area contributed by atoms with Gasteiger partial charge in [-0.1, -0.05) is 0 Å². The number of aromatic amines is 1. The molecular weight excluding hydrogens is 234 g/mol. The van der Waals surface area contributed by atoms with Crippen LogP contribution in [0.5, 0.6) is 0 Å². The second kappa shape index (κ2) is 5.79. The van der Waals surface area contributed by atoms with Gasteiger partial charge in [0.05, 0.1) is 11.2 Å². The maximum Gasteiger partial charge on any atom is 0.252 e. The predicted molar refractivity (Wildman–Crippen MR) is 68.6 cm³/mol. The first-order chi connectivity index (χ1) is 8.30. The number of hydrogen-bond acceptors (Lipinski definition) is 4. The number of aliphatic hydroxyl groups is 1. The first-order valence-corrected chi connectivity index (χ1v) is 5.64. The van der Waals surface area contributed by atoms with E-state index in [1.807, 2.05) is 19.0 Å². The van der Waals surface area contributed by atoms with E-state index in [0.717, 1.165) is 0 Å². The Balaban J connectivity index is 2.56. The van der Waals surface area contributed by atoms with E-state index in [9.17, 15) is 14.7 Å². The molecule has 1 aromatic heterocycles. The molecule has 1 atom stereocenters. The molecule has 0 aliphatic heterocycles. The van der Waals surface area contributed by atoms with Crippen LogP contribution >= 0.6 is 0 Å². The average molecular weight is 253 g/mol. The Morgan fingerprint density at radius 1 is 1.50 bits per heavy atom. The summed E-state index contributed by atoms with van der Waals surface area (Å²) in [6, 6.07) is 2.72. The van der Waals surface area contributed by atoms with E-state index >= 15 is 0 Å². The SMILES string of the molecule is CN(C)CC(C)(O)CNC(=O)c1ccc(=O)[nH]c1. The summed E-state index contributed by atoms with van der Waals surface area (Å²) in [7, 11) is 3.69. The lowest BCUT2D eigenvalue weighted by atomic mass is 10.1. The van der Waals surface area contributed by atoms with E-state index in [2.05, 4.69) is 10.3 Å². The zero-order valence-electron chi connectivity index (χ0n) is 10.9. The molecule has 0 radical (unpaired) electrons. The highest BCUT2D eigenvalue weighted by molar-refractivity contribution is 5.93. The Morgan fingerprint density at radius 3 is 2.67 bits per heavy atom. The normalized spacial score (nSPS) is 14.3. The third kappa shape index (κ3) is 4.68. The zero-order valence-corrected chi connectivity index (χ0v) is 10.9. The number of pyridine rings is 1. The minimum absolute atomic E-state index is 0.142. The van der Waals surface area contributed by atoms with Crippen LogP contribution in [0.3, 0.4) is 0 Å². The molecule has 0 fully saturated rings. The van der Waals surface area contributed by atoms with Gasteiger partial charge < -0.3 is 20.3 Å². The van der Waals surface area contributed by atoms with Crippen molar-refractivity contribution in [1.82, 2.24) is 15.2 Å². The van der Waals surface area contributed by atoms with Crippen LogP contribution in [0.15, 0.2) is 23.1 Å². The van der Waals surface area contributed by atoms with E-state index < -0.39 is 5.60 Å². The predicted octanol–water partition coefficient (Wildman–Crippen LogP) is -0.583. The molecule has 6 heteroatoms. The lowest BCUT2D eigenvalue weighted by Crippen LogP contribution is -2.47. The van der Waals surface area contributed by atoms with Crippen LogP contribution in [0, 0.1) is 0 Å². The van der Waals surface area contributed by atoms with Crippen molar-refractivity contribution < 1.29 is 9.90 Å². The number of nitrogens with zero attached hydrogens (tertiary/aromatic N) is 1. The average Bonchev–Trinajstić information content (AvgIpc) is 2.25. The van der Waals surface area contributed by atoms with Gasteiger partial charge in [-0.05, 0) is 27.1 Å². The molecule has 1 amide bonds. The van der Waals surface area contributed by atoms with E-state index in [0.29, 0.717) is 12.1 Å². The first-order valence-electron chi connectivity index (χ1n) is 5.64. The lowest BCUT2D eigenvalue weighted by molar-refractivity contribution is 0.0326. The second-order valence-electron chi connectivity index (χ2n) is 4.86.